The van der Waals surface area contributed by atoms with Crippen LogP contribution in [0.25, 0.3) is 0 Å². The third-order valence-electron chi connectivity index (χ3n) is 3.65. The van der Waals surface area contributed by atoms with Crippen molar-refractivity contribution in [1.82, 2.24) is 5.32 Å². The first-order valence-corrected chi connectivity index (χ1v) is 7.32. The summed E-state index contributed by atoms with van der Waals surface area (Å²) < 4.78 is 41.3. The molecule has 1 aliphatic carbocycles. The molecule has 2 rings (SSSR count). The summed E-state index contributed by atoms with van der Waals surface area (Å²) in [6.45, 7) is 3.16. The Morgan fingerprint density at radius 1 is 1.35 bits per heavy atom. The van der Waals surface area contributed by atoms with Crippen LogP contribution in [0.4, 0.5) is 13.2 Å². The monoisotopic (exact) mass is 329 g/mol. The summed E-state index contributed by atoms with van der Waals surface area (Å²) in [6, 6.07) is 5.57. The number of alkyl halides is 3. The minimum Gasteiger partial charge on any atom is -0.405 e. The second-order valence-corrected chi connectivity index (χ2v) is 5.85. The summed E-state index contributed by atoms with van der Waals surface area (Å²) in [4.78, 5) is 23.1. The second-order valence-electron chi connectivity index (χ2n) is 5.85. The highest BCUT2D eigenvalue weighted by molar-refractivity contribution is 5.84. The highest BCUT2D eigenvalue weighted by Gasteiger charge is 2.46. The van der Waals surface area contributed by atoms with E-state index in [1.54, 1.807) is 13.0 Å². The first-order valence-electron chi connectivity index (χ1n) is 7.32. The average molecular weight is 329 g/mol. The van der Waals surface area contributed by atoms with Crippen molar-refractivity contribution >= 4 is 11.7 Å². The molecule has 0 bridgehead atoms. The van der Waals surface area contributed by atoms with Gasteiger partial charge in [-0.25, -0.2) is 0 Å². The molecule has 1 fully saturated rings. The molecular weight excluding hydrogens is 311 g/mol. The minimum absolute atomic E-state index is 0.0333. The van der Waals surface area contributed by atoms with Crippen LogP contribution in [-0.2, 0) is 9.59 Å². The number of carbonyl (C=O) groups excluding carboxylic acids is 2. The number of carbonyl (C=O) groups is 2. The quantitative estimate of drug-likeness (QED) is 0.872. The first-order chi connectivity index (χ1) is 10.7. The second kappa shape index (κ2) is 6.60. The van der Waals surface area contributed by atoms with Crippen LogP contribution < -0.4 is 10.1 Å². The van der Waals surface area contributed by atoms with Gasteiger partial charge in [0.2, 0.25) is 5.91 Å². The van der Waals surface area contributed by atoms with Crippen molar-refractivity contribution in [2.24, 2.45) is 5.92 Å². The average Bonchev–Trinajstić information content (AvgIpc) is 3.16. The highest BCUT2D eigenvalue weighted by Crippen LogP contribution is 2.51. The number of benzene rings is 1. The van der Waals surface area contributed by atoms with Crippen LogP contribution in [0.15, 0.2) is 24.3 Å². The van der Waals surface area contributed by atoms with Crippen molar-refractivity contribution in [3.8, 4) is 5.75 Å². The van der Waals surface area contributed by atoms with E-state index in [1.165, 1.54) is 25.1 Å². The summed E-state index contributed by atoms with van der Waals surface area (Å²) in [5.74, 6) is -1.22. The van der Waals surface area contributed by atoms with Gasteiger partial charge in [0.25, 0.3) is 0 Å². The fourth-order valence-electron chi connectivity index (χ4n) is 2.67. The van der Waals surface area contributed by atoms with E-state index in [9.17, 15) is 22.8 Å². The number of ether oxygens (including phenoxy) is 1. The van der Waals surface area contributed by atoms with Gasteiger partial charge in [-0.1, -0.05) is 18.2 Å². The molecule has 0 aromatic heterocycles. The lowest BCUT2D eigenvalue weighted by Crippen LogP contribution is -2.35. The molecule has 1 amide bonds. The Kier molecular flexibility index (Phi) is 4.97. The maximum Gasteiger partial charge on any atom is 0.573 e. The van der Waals surface area contributed by atoms with E-state index in [2.05, 4.69) is 10.1 Å². The molecule has 3 atom stereocenters. The topological polar surface area (TPSA) is 55.4 Å². The zero-order valence-electron chi connectivity index (χ0n) is 12.8. The molecule has 0 radical (unpaired) electrons. The van der Waals surface area contributed by atoms with E-state index >= 15 is 0 Å². The van der Waals surface area contributed by atoms with Crippen molar-refractivity contribution in [1.29, 1.82) is 0 Å². The Labute approximate surface area is 132 Å². The zero-order chi connectivity index (χ0) is 17.2. The van der Waals surface area contributed by atoms with Crippen LogP contribution in [0.1, 0.15) is 38.2 Å². The Balaban J connectivity index is 2.01. The number of amides is 1. The molecule has 1 aromatic rings. The van der Waals surface area contributed by atoms with Crippen molar-refractivity contribution < 1.29 is 27.5 Å². The van der Waals surface area contributed by atoms with Gasteiger partial charge in [0, 0.05) is 18.4 Å². The van der Waals surface area contributed by atoms with Gasteiger partial charge in [-0.05, 0) is 37.8 Å². The SMILES string of the molecule is CC(=O)CC(C)NC(=O)C1CC1c1ccccc1OC(F)(F)F. The van der Waals surface area contributed by atoms with E-state index in [4.69, 9.17) is 0 Å². The van der Waals surface area contributed by atoms with Gasteiger partial charge in [0.1, 0.15) is 11.5 Å². The Hall–Kier alpha value is -2.05. The predicted octanol–water partition coefficient (Wildman–Crippen LogP) is 3.17. The van der Waals surface area contributed by atoms with Gasteiger partial charge < -0.3 is 10.1 Å². The molecule has 1 aliphatic rings. The smallest absolute Gasteiger partial charge is 0.405 e. The van der Waals surface area contributed by atoms with Crippen LogP contribution >= 0.6 is 0 Å². The number of rotatable bonds is 6. The van der Waals surface area contributed by atoms with E-state index < -0.39 is 6.36 Å². The molecule has 1 aromatic carbocycles. The van der Waals surface area contributed by atoms with Gasteiger partial charge in [-0.2, -0.15) is 0 Å². The van der Waals surface area contributed by atoms with Crippen molar-refractivity contribution in [3.05, 3.63) is 29.8 Å². The van der Waals surface area contributed by atoms with Gasteiger partial charge in [0.05, 0.1) is 0 Å². The fourth-order valence-corrected chi connectivity index (χ4v) is 2.67. The Morgan fingerprint density at radius 2 is 2.00 bits per heavy atom. The number of hydrogen-bond acceptors (Lipinski definition) is 3. The number of nitrogens with one attached hydrogen (secondary N) is 1. The molecule has 7 heteroatoms. The molecule has 3 unspecified atom stereocenters. The van der Waals surface area contributed by atoms with E-state index in [1.807, 2.05) is 0 Å². The van der Waals surface area contributed by atoms with Crippen LogP contribution in [0.3, 0.4) is 0 Å². The van der Waals surface area contributed by atoms with Crippen molar-refractivity contribution in [2.75, 3.05) is 0 Å². The van der Waals surface area contributed by atoms with Crippen molar-refractivity contribution in [2.45, 2.75) is 45.0 Å². The summed E-state index contributed by atoms with van der Waals surface area (Å²) >= 11 is 0. The number of halogens is 3. The molecule has 0 saturated heterocycles. The molecule has 0 aliphatic heterocycles. The van der Waals surface area contributed by atoms with Gasteiger partial charge in [0.15, 0.2) is 0 Å². The van der Waals surface area contributed by atoms with Crippen LogP contribution in [0, 0.1) is 5.92 Å². The standard InChI is InChI=1S/C16H18F3NO3/c1-9(7-10(2)21)20-15(22)13-8-12(13)11-5-3-4-6-14(11)23-16(17,18)19/h3-6,9,12-13H,7-8H2,1-2H3,(H,20,22). The number of hydrogen-bond donors (Lipinski definition) is 1. The summed E-state index contributed by atoms with van der Waals surface area (Å²) in [5, 5.41) is 2.72. The molecule has 126 valence electrons. The maximum atomic E-state index is 12.4. The van der Waals surface area contributed by atoms with E-state index in [-0.39, 0.29) is 41.7 Å². The number of Topliss-reactive ketones (excluding diaryl/α,β-unsaturated/α-hetero) is 1. The lowest BCUT2D eigenvalue weighted by molar-refractivity contribution is -0.274. The molecular formula is C16H18F3NO3. The lowest BCUT2D eigenvalue weighted by atomic mass is 10.1. The molecule has 4 nitrogen and oxygen atoms in total. The van der Waals surface area contributed by atoms with E-state index in [0.29, 0.717) is 12.0 Å². The molecule has 0 spiro atoms. The first kappa shape index (κ1) is 17.3. The molecule has 1 N–H and O–H groups in total. The Bertz CT molecular complexity index is 600. The van der Waals surface area contributed by atoms with Crippen molar-refractivity contribution in [3.63, 3.8) is 0 Å². The maximum absolute atomic E-state index is 12.4. The highest BCUT2D eigenvalue weighted by atomic mass is 19.4. The predicted molar refractivity (Wildman–Crippen MR) is 76.9 cm³/mol. The van der Waals surface area contributed by atoms with Crippen LogP contribution in [0.2, 0.25) is 0 Å². The van der Waals surface area contributed by atoms with Crippen LogP contribution in [-0.4, -0.2) is 24.1 Å². The number of ketones is 1. The Morgan fingerprint density at radius 3 is 2.61 bits per heavy atom. The normalized spacial score (nSPS) is 21.4. The van der Waals surface area contributed by atoms with E-state index in [0.717, 1.165) is 0 Å². The molecule has 23 heavy (non-hydrogen) atoms. The molecule has 0 heterocycles. The molecule has 1 saturated carbocycles. The largest absolute Gasteiger partial charge is 0.573 e. The van der Waals surface area contributed by atoms with Crippen LogP contribution in [0.5, 0.6) is 5.75 Å². The van der Waals surface area contributed by atoms with Gasteiger partial charge >= 0.3 is 6.36 Å². The summed E-state index contributed by atoms with van der Waals surface area (Å²) in [5.41, 5.74) is 0.379. The lowest BCUT2D eigenvalue weighted by Gasteiger charge is -2.14. The third kappa shape index (κ3) is 4.97. The fraction of sp³-hybridized carbons (Fsp3) is 0.500. The summed E-state index contributed by atoms with van der Waals surface area (Å²) in [7, 11) is 0. The summed E-state index contributed by atoms with van der Waals surface area (Å²) in [6.07, 6.45) is -4.06. The van der Waals surface area contributed by atoms with Gasteiger partial charge in [-0.3, -0.25) is 9.59 Å². The number of para-hydroxylation sites is 1. The zero-order valence-corrected chi connectivity index (χ0v) is 12.8. The minimum atomic E-state index is -4.77. The third-order valence-corrected chi connectivity index (χ3v) is 3.65. The van der Waals surface area contributed by atoms with Gasteiger partial charge in [-0.15, -0.1) is 13.2 Å².